The molecule has 0 spiro atoms. The van der Waals surface area contributed by atoms with Gasteiger partial charge in [0.2, 0.25) is 0 Å². The third kappa shape index (κ3) is 3.12. The van der Waals surface area contributed by atoms with Gasteiger partial charge in [-0.15, -0.1) is 0 Å². The van der Waals surface area contributed by atoms with Crippen LogP contribution in [0.15, 0.2) is 53.0 Å². The lowest BCUT2D eigenvalue weighted by Crippen LogP contribution is -2.06. The smallest absolute Gasteiger partial charge is 0.0991 e. The van der Waals surface area contributed by atoms with Crippen LogP contribution in [0.4, 0.5) is 5.69 Å². The van der Waals surface area contributed by atoms with Gasteiger partial charge in [0.15, 0.2) is 0 Å². The highest BCUT2D eigenvalue weighted by Gasteiger charge is 2.05. The summed E-state index contributed by atoms with van der Waals surface area (Å²) >= 11 is 3.41. The maximum absolute atomic E-state index is 8.76. The van der Waals surface area contributed by atoms with Crippen LogP contribution in [0.3, 0.4) is 0 Å². The second kappa shape index (κ2) is 5.70. The van der Waals surface area contributed by atoms with Crippen molar-refractivity contribution >= 4 is 21.6 Å². The van der Waals surface area contributed by atoms with E-state index < -0.39 is 0 Å². The first-order valence-corrected chi connectivity index (χ1v) is 6.50. The van der Waals surface area contributed by atoms with Crippen LogP contribution in [0.25, 0.3) is 0 Å². The van der Waals surface area contributed by atoms with Crippen LogP contribution in [-0.4, -0.2) is 0 Å². The molecule has 2 rings (SSSR count). The topological polar surface area (TPSA) is 35.8 Å². The van der Waals surface area contributed by atoms with Crippen LogP contribution < -0.4 is 5.32 Å². The molecule has 90 valence electrons. The van der Waals surface area contributed by atoms with Crippen LogP contribution in [0.2, 0.25) is 0 Å². The molecule has 2 nitrogen and oxygen atoms in total. The summed E-state index contributed by atoms with van der Waals surface area (Å²) in [7, 11) is 0. The monoisotopic (exact) mass is 300 g/mol. The molecule has 2 aromatic carbocycles. The molecule has 0 amide bonds. The third-order valence-electron chi connectivity index (χ3n) is 2.77. The molecule has 0 saturated carbocycles. The Bertz CT molecular complexity index is 553. The van der Waals surface area contributed by atoms with Crippen molar-refractivity contribution in [1.29, 1.82) is 5.26 Å². The molecule has 0 aliphatic carbocycles. The molecular weight excluding hydrogens is 288 g/mol. The van der Waals surface area contributed by atoms with Gasteiger partial charge in [-0.05, 0) is 48.9 Å². The van der Waals surface area contributed by atoms with E-state index in [2.05, 4.69) is 34.2 Å². The predicted octanol–water partition coefficient (Wildman–Crippen LogP) is 4.49. The lowest BCUT2D eigenvalue weighted by Gasteiger charge is -2.15. The summed E-state index contributed by atoms with van der Waals surface area (Å²) in [6, 6.07) is 18.1. The SMILES string of the molecule is CC(Nc1ccc(Br)cc1)c1ccc(C#N)cc1. The number of nitriles is 1. The quantitative estimate of drug-likeness (QED) is 0.906. The lowest BCUT2D eigenvalue weighted by atomic mass is 10.1. The summed E-state index contributed by atoms with van der Waals surface area (Å²) in [5, 5.41) is 12.2. The molecule has 0 aliphatic heterocycles. The first-order chi connectivity index (χ1) is 8.69. The van der Waals surface area contributed by atoms with Crippen molar-refractivity contribution in [2.75, 3.05) is 5.32 Å². The number of halogens is 1. The molecule has 3 heteroatoms. The van der Waals surface area contributed by atoms with E-state index in [1.54, 1.807) is 0 Å². The third-order valence-corrected chi connectivity index (χ3v) is 3.30. The molecule has 1 atom stereocenters. The maximum atomic E-state index is 8.76. The number of nitrogens with zero attached hydrogens (tertiary/aromatic N) is 1. The highest BCUT2D eigenvalue weighted by atomic mass is 79.9. The maximum Gasteiger partial charge on any atom is 0.0991 e. The van der Waals surface area contributed by atoms with Crippen LogP contribution in [0.5, 0.6) is 0 Å². The minimum absolute atomic E-state index is 0.207. The zero-order chi connectivity index (χ0) is 13.0. The highest BCUT2D eigenvalue weighted by Crippen LogP contribution is 2.21. The number of nitrogens with one attached hydrogen (secondary N) is 1. The number of hydrogen-bond acceptors (Lipinski definition) is 2. The van der Waals surface area contributed by atoms with Crippen LogP contribution in [0, 0.1) is 11.3 Å². The lowest BCUT2D eigenvalue weighted by molar-refractivity contribution is 0.884. The molecule has 0 fully saturated rings. The van der Waals surface area contributed by atoms with Gasteiger partial charge in [0.05, 0.1) is 11.6 Å². The van der Waals surface area contributed by atoms with Gasteiger partial charge in [0.25, 0.3) is 0 Å². The second-order valence-corrected chi connectivity index (χ2v) is 5.02. The normalized spacial score (nSPS) is 11.6. The van der Waals surface area contributed by atoms with E-state index >= 15 is 0 Å². The predicted molar refractivity (Wildman–Crippen MR) is 77.3 cm³/mol. The summed E-state index contributed by atoms with van der Waals surface area (Å²) in [5.41, 5.74) is 2.93. The van der Waals surface area contributed by atoms with E-state index in [0.29, 0.717) is 5.56 Å². The van der Waals surface area contributed by atoms with Crippen molar-refractivity contribution in [3.63, 3.8) is 0 Å². The van der Waals surface area contributed by atoms with E-state index in [-0.39, 0.29) is 6.04 Å². The molecule has 0 aromatic heterocycles. The molecule has 18 heavy (non-hydrogen) atoms. The summed E-state index contributed by atoms with van der Waals surface area (Å²) in [6.45, 7) is 2.10. The number of anilines is 1. The van der Waals surface area contributed by atoms with Gasteiger partial charge in [-0.3, -0.25) is 0 Å². The fourth-order valence-electron chi connectivity index (χ4n) is 1.73. The Morgan fingerprint density at radius 2 is 1.67 bits per heavy atom. The van der Waals surface area contributed by atoms with Crippen molar-refractivity contribution in [3.8, 4) is 6.07 Å². The highest BCUT2D eigenvalue weighted by molar-refractivity contribution is 9.10. The molecule has 1 N–H and O–H groups in total. The van der Waals surface area contributed by atoms with Crippen molar-refractivity contribution in [1.82, 2.24) is 0 Å². The first-order valence-electron chi connectivity index (χ1n) is 5.71. The van der Waals surface area contributed by atoms with E-state index in [4.69, 9.17) is 5.26 Å². The van der Waals surface area contributed by atoms with Crippen LogP contribution in [-0.2, 0) is 0 Å². The summed E-state index contributed by atoms with van der Waals surface area (Å²) in [4.78, 5) is 0. The van der Waals surface area contributed by atoms with Gasteiger partial charge < -0.3 is 5.32 Å². The van der Waals surface area contributed by atoms with Crippen molar-refractivity contribution in [3.05, 3.63) is 64.1 Å². The van der Waals surface area contributed by atoms with Gasteiger partial charge >= 0.3 is 0 Å². The number of benzene rings is 2. The Balaban J connectivity index is 2.09. The molecule has 0 heterocycles. The largest absolute Gasteiger partial charge is 0.379 e. The molecular formula is C15H13BrN2. The minimum atomic E-state index is 0.207. The molecule has 0 radical (unpaired) electrons. The first kappa shape index (κ1) is 12.7. The molecule has 2 aromatic rings. The fourth-order valence-corrected chi connectivity index (χ4v) is 1.99. The molecule has 1 unspecified atom stereocenters. The van der Waals surface area contributed by atoms with Gasteiger partial charge in [0, 0.05) is 16.2 Å². The second-order valence-electron chi connectivity index (χ2n) is 4.11. The van der Waals surface area contributed by atoms with E-state index in [1.807, 2.05) is 48.5 Å². The fraction of sp³-hybridized carbons (Fsp3) is 0.133. The summed E-state index contributed by atoms with van der Waals surface area (Å²) in [6.07, 6.45) is 0. The average molecular weight is 301 g/mol. The van der Waals surface area contributed by atoms with Crippen molar-refractivity contribution < 1.29 is 0 Å². The summed E-state index contributed by atoms with van der Waals surface area (Å²) < 4.78 is 1.07. The van der Waals surface area contributed by atoms with E-state index in [1.165, 1.54) is 0 Å². The van der Waals surface area contributed by atoms with Gasteiger partial charge in [-0.25, -0.2) is 0 Å². The van der Waals surface area contributed by atoms with Crippen molar-refractivity contribution in [2.24, 2.45) is 0 Å². The van der Waals surface area contributed by atoms with E-state index in [0.717, 1.165) is 15.7 Å². The molecule has 0 bridgehead atoms. The standard InChI is InChI=1S/C15H13BrN2/c1-11(13-4-2-12(10-17)3-5-13)18-15-8-6-14(16)7-9-15/h2-9,11,18H,1H3. The Hall–Kier alpha value is -1.79. The van der Waals surface area contributed by atoms with Gasteiger partial charge in [-0.2, -0.15) is 5.26 Å². The molecule has 0 aliphatic rings. The molecule has 0 saturated heterocycles. The van der Waals surface area contributed by atoms with Crippen molar-refractivity contribution in [2.45, 2.75) is 13.0 Å². The Morgan fingerprint density at radius 3 is 2.22 bits per heavy atom. The van der Waals surface area contributed by atoms with Crippen LogP contribution >= 0.6 is 15.9 Å². The number of hydrogen-bond donors (Lipinski definition) is 1. The van der Waals surface area contributed by atoms with Gasteiger partial charge in [0.1, 0.15) is 0 Å². The Kier molecular flexibility index (Phi) is 4.01. The average Bonchev–Trinajstić information content (AvgIpc) is 2.41. The zero-order valence-corrected chi connectivity index (χ0v) is 11.6. The Labute approximate surface area is 115 Å². The number of rotatable bonds is 3. The Morgan fingerprint density at radius 1 is 1.06 bits per heavy atom. The minimum Gasteiger partial charge on any atom is -0.379 e. The van der Waals surface area contributed by atoms with E-state index in [9.17, 15) is 0 Å². The van der Waals surface area contributed by atoms with Gasteiger partial charge in [-0.1, -0.05) is 28.1 Å². The zero-order valence-electron chi connectivity index (χ0n) is 10.0. The summed E-state index contributed by atoms with van der Waals surface area (Å²) in [5.74, 6) is 0. The van der Waals surface area contributed by atoms with Crippen LogP contribution in [0.1, 0.15) is 24.1 Å².